The lowest BCUT2D eigenvalue weighted by Crippen LogP contribution is -3.09. The van der Waals surface area contributed by atoms with E-state index >= 15 is 0 Å². The molecule has 0 saturated carbocycles. The van der Waals surface area contributed by atoms with Gasteiger partial charge in [-0.2, -0.15) is 5.10 Å². The molecule has 1 unspecified atom stereocenters. The Balaban J connectivity index is 1.80. The zero-order valence-electron chi connectivity index (χ0n) is 17.7. The Morgan fingerprint density at radius 1 is 1.03 bits per heavy atom. The van der Waals surface area contributed by atoms with E-state index in [2.05, 4.69) is 44.4 Å². The van der Waals surface area contributed by atoms with Crippen LogP contribution in [0, 0.1) is 5.92 Å². The van der Waals surface area contributed by atoms with E-state index < -0.39 is 0 Å². The minimum Gasteiger partial charge on any atom is -0.348 e. The third-order valence-electron chi connectivity index (χ3n) is 5.20. The number of nitrogens with one attached hydrogen (secondary N) is 2. The lowest BCUT2D eigenvalue weighted by atomic mass is 10.1. The van der Waals surface area contributed by atoms with Crippen LogP contribution in [0.3, 0.4) is 0 Å². The summed E-state index contributed by atoms with van der Waals surface area (Å²) in [5.74, 6) is 0.508. The van der Waals surface area contributed by atoms with Gasteiger partial charge in [-0.15, -0.1) is 0 Å². The first-order chi connectivity index (χ1) is 13.9. The summed E-state index contributed by atoms with van der Waals surface area (Å²) in [5.41, 5.74) is 4.20. The topological polar surface area (TPSA) is 51.4 Å². The number of carbonyl (C=O) groups excluding carboxylic acids is 1. The van der Waals surface area contributed by atoms with Gasteiger partial charge in [0.2, 0.25) is 0 Å². The summed E-state index contributed by atoms with van der Waals surface area (Å²) in [5, 5.41) is 7.95. The molecule has 2 N–H and O–H groups in total. The predicted molar refractivity (Wildman–Crippen MR) is 117 cm³/mol. The predicted octanol–water partition coefficient (Wildman–Crippen LogP) is 2.71. The van der Waals surface area contributed by atoms with Gasteiger partial charge in [0.05, 0.1) is 18.3 Å². The summed E-state index contributed by atoms with van der Waals surface area (Å²) in [6.07, 6.45) is 2.08. The first kappa shape index (κ1) is 20.8. The van der Waals surface area contributed by atoms with Crippen molar-refractivity contribution in [1.82, 2.24) is 15.1 Å². The standard InChI is InChI=1S/C24H30N4O/c1-18(2)19(3)25-23(29)17-27(4)15-21-16-28(22-13-9-6-10-14-22)26-24(21)20-11-7-5-8-12-20/h5-14,16,18-19H,15,17H2,1-4H3,(H,25,29)/p+1/t19-/m1/s1. The van der Waals surface area contributed by atoms with Crippen molar-refractivity contribution in [2.75, 3.05) is 13.6 Å². The van der Waals surface area contributed by atoms with Crippen molar-refractivity contribution in [2.24, 2.45) is 5.92 Å². The van der Waals surface area contributed by atoms with Crippen LogP contribution in [0.1, 0.15) is 26.3 Å². The summed E-state index contributed by atoms with van der Waals surface area (Å²) in [6, 6.07) is 20.5. The van der Waals surface area contributed by atoms with Gasteiger partial charge in [-0.05, 0) is 25.0 Å². The average Bonchev–Trinajstić information content (AvgIpc) is 3.12. The van der Waals surface area contributed by atoms with Crippen LogP contribution in [-0.4, -0.2) is 35.3 Å². The number of likely N-dealkylation sites (N-methyl/N-ethyl adjacent to an activating group) is 1. The van der Waals surface area contributed by atoms with Crippen molar-refractivity contribution in [2.45, 2.75) is 33.4 Å². The molecule has 2 atom stereocenters. The summed E-state index contributed by atoms with van der Waals surface area (Å²) < 4.78 is 1.92. The zero-order valence-corrected chi connectivity index (χ0v) is 17.7. The van der Waals surface area contributed by atoms with E-state index in [0.29, 0.717) is 12.5 Å². The Kier molecular flexibility index (Phi) is 6.83. The molecule has 1 heterocycles. The number of aromatic nitrogens is 2. The van der Waals surface area contributed by atoms with Gasteiger partial charge in [0, 0.05) is 17.8 Å². The van der Waals surface area contributed by atoms with Gasteiger partial charge in [0.25, 0.3) is 5.91 Å². The number of nitrogens with zero attached hydrogens (tertiary/aromatic N) is 2. The Hall–Kier alpha value is -2.92. The van der Waals surface area contributed by atoms with Crippen molar-refractivity contribution in [1.29, 1.82) is 0 Å². The Labute approximate surface area is 173 Å². The molecule has 3 aromatic rings. The number of rotatable bonds is 8. The van der Waals surface area contributed by atoms with Gasteiger partial charge in [-0.3, -0.25) is 4.79 Å². The molecule has 0 radical (unpaired) electrons. The van der Waals surface area contributed by atoms with Crippen molar-refractivity contribution in [3.05, 3.63) is 72.4 Å². The molecular formula is C24H31N4O+. The summed E-state index contributed by atoms with van der Waals surface area (Å²) >= 11 is 0. The van der Waals surface area contributed by atoms with Crippen LogP contribution in [0.4, 0.5) is 0 Å². The molecule has 0 spiro atoms. The lowest BCUT2D eigenvalue weighted by molar-refractivity contribution is -0.885. The number of hydrogen-bond donors (Lipinski definition) is 2. The second-order valence-corrected chi connectivity index (χ2v) is 8.06. The molecule has 2 aromatic carbocycles. The second-order valence-electron chi connectivity index (χ2n) is 8.06. The average molecular weight is 392 g/mol. The summed E-state index contributed by atoms with van der Waals surface area (Å²) in [7, 11) is 2.05. The highest BCUT2D eigenvalue weighted by Crippen LogP contribution is 2.23. The van der Waals surface area contributed by atoms with E-state index in [0.717, 1.165) is 34.0 Å². The normalized spacial score (nSPS) is 13.3. The van der Waals surface area contributed by atoms with Gasteiger partial charge in [0.15, 0.2) is 6.54 Å². The highest BCUT2D eigenvalue weighted by molar-refractivity contribution is 5.77. The molecular weight excluding hydrogens is 360 g/mol. The molecule has 1 aromatic heterocycles. The third kappa shape index (κ3) is 5.55. The van der Waals surface area contributed by atoms with Gasteiger partial charge in [-0.25, -0.2) is 4.68 Å². The number of quaternary nitrogens is 1. The van der Waals surface area contributed by atoms with Crippen LogP contribution in [0.2, 0.25) is 0 Å². The van der Waals surface area contributed by atoms with E-state index in [1.54, 1.807) is 0 Å². The van der Waals surface area contributed by atoms with E-state index in [9.17, 15) is 4.79 Å². The van der Waals surface area contributed by atoms with Crippen molar-refractivity contribution >= 4 is 5.91 Å². The number of para-hydroxylation sites is 1. The lowest BCUT2D eigenvalue weighted by Gasteiger charge is -2.19. The van der Waals surface area contributed by atoms with Crippen LogP contribution in [0.25, 0.3) is 16.9 Å². The minimum absolute atomic E-state index is 0.0837. The third-order valence-corrected chi connectivity index (χ3v) is 5.20. The molecule has 0 aliphatic carbocycles. The van der Waals surface area contributed by atoms with Crippen LogP contribution in [0.15, 0.2) is 66.9 Å². The first-order valence-corrected chi connectivity index (χ1v) is 10.2. The molecule has 1 amide bonds. The smallest absolute Gasteiger partial charge is 0.275 e. The highest BCUT2D eigenvalue weighted by Gasteiger charge is 2.19. The number of benzene rings is 2. The molecule has 0 fully saturated rings. The molecule has 152 valence electrons. The summed E-state index contributed by atoms with van der Waals surface area (Å²) in [4.78, 5) is 13.5. The van der Waals surface area contributed by atoms with Crippen LogP contribution in [-0.2, 0) is 11.3 Å². The van der Waals surface area contributed by atoms with Crippen molar-refractivity contribution in [3.8, 4) is 16.9 Å². The van der Waals surface area contributed by atoms with E-state index in [-0.39, 0.29) is 11.9 Å². The maximum absolute atomic E-state index is 12.4. The first-order valence-electron chi connectivity index (χ1n) is 10.2. The molecule has 3 rings (SSSR count). The largest absolute Gasteiger partial charge is 0.348 e. The highest BCUT2D eigenvalue weighted by atomic mass is 16.2. The van der Waals surface area contributed by atoms with Crippen LogP contribution >= 0.6 is 0 Å². The Morgan fingerprint density at radius 2 is 1.66 bits per heavy atom. The maximum Gasteiger partial charge on any atom is 0.275 e. The second kappa shape index (κ2) is 9.52. The Bertz CT molecular complexity index is 919. The van der Waals surface area contributed by atoms with Gasteiger partial charge in [-0.1, -0.05) is 62.4 Å². The number of hydrogen-bond acceptors (Lipinski definition) is 2. The molecule has 0 aliphatic heterocycles. The van der Waals surface area contributed by atoms with Gasteiger partial charge >= 0.3 is 0 Å². The zero-order chi connectivity index (χ0) is 20.8. The number of amides is 1. The van der Waals surface area contributed by atoms with E-state index in [4.69, 9.17) is 5.10 Å². The Morgan fingerprint density at radius 3 is 2.28 bits per heavy atom. The monoisotopic (exact) mass is 391 g/mol. The van der Waals surface area contributed by atoms with E-state index in [1.807, 2.05) is 60.3 Å². The maximum atomic E-state index is 12.4. The van der Waals surface area contributed by atoms with E-state index in [1.165, 1.54) is 0 Å². The van der Waals surface area contributed by atoms with Crippen LogP contribution in [0.5, 0.6) is 0 Å². The molecule has 0 aliphatic rings. The van der Waals surface area contributed by atoms with Crippen LogP contribution < -0.4 is 10.2 Å². The van der Waals surface area contributed by atoms with Crippen molar-refractivity contribution in [3.63, 3.8) is 0 Å². The fourth-order valence-electron chi connectivity index (χ4n) is 3.22. The van der Waals surface area contributed by atoms with Gasteiger partial charge < -0.3 is 10.2 Å². The van der Waals surface area contributed by atoms with Gasteiger partial charge in [0.1, 0.15) is 12.2 Å². The SMILES string of the molecule is CC(C)[C@@H](C)NC(=O)C[NH+](C)Cc1cn(-c2ccccc2)nc1-c1ccccc1. The summed E-state index contributed by atoms with van der Waals surface area (Å²) in [6.45, 7) is 7.44. The molecule has 5 heteroatoms. The fraction of sp³-hybridized carbons (Fsp3) is 0.333. The molecule has 5 nitrogen and oxygen atoms in total. The molecule has 0 bridgehead atoms. The molecule has 0 saturated heterocycles. The number of carbonyl (C=O) groups is 1. The van der Waals surface area contributed by atoms with Crippen molar-refractivity contribution < 1.29 is 9.69 Å². The molecule has 29 heavy (non-hydrogen) atoms. The quantitative estimate of drug-likeness (QED) is 0.620. The fourth-order valence-corrected chi connectivity index (χ4v) is 3.22. The minimum atomic E-state index is 0.0837.